The maximum absolute atomic E-state index is 12.5. The van der Waals surface area contributed by atoms with Crippen LogP contribution in [0.15, 0.2) is 83.8 Å². The van der Waals surface area contributed by atoms with Crippen LogP contribution in [0, 0.1) is 0 Å². The van der Waals surface area contributed by atoms with Crippen LogP contribution in [0.25, 0.3) is 0 Å². The molecular weight excluding hydrogens is 426 g/mol. The molecule has 3 aromatic rings. The molecule has 7 nitrogen and oxygen atoms in total. The van der Waals surface area contributed by atoms with Gasteiger partial charge in [-0.25, -0.2) is 8.42 Å². The maximum atomic E-state index is 12.5. The van der Waals surface area contributed by atoms with Crippen molar-refractivity contribution in [2.24, 2.45) is 0 Å². The van der Waals surface area contributed by atoms with E-state index in [1.165, 1.54) is 12.1 Å². The summed E-state index contributed by atoms with van der Waals surface area (Å²) in [4.78, 5) is 26.2. The Morgan fingerprint density at radius 1 is 0.906 bits per heavy atom. The van der Waals surface area contributed by atoms with Crippen molar-refractivity contribution in [1.29, 1.82) is 0 Å². The predicted octanol–water partition coefficient (Wildman–Crippen LogP) is 3.54. The average molecular weight is 450 g/mol. The molecule has 0 aromatic heterocycles. The van der Waals surface area contributed by atoms with Crippen molar-refractivity contribution in [2.45, 2.75) is 24.3 Å². The molecule has 0 radical (unpaired) electrons. The zero-order chi connectivity index (χ0) is 22.6. The summed E-state index contributed by atoms with van der Waals surface area (Å²) in [7, 11) is -3.68. The normalized spacial score (nSPS) is 13.8. The van der Waals surface area contributed by atoms with Gasteiger partial charge in [0.2, 0.25) is 5.91 Å². The molecule has 1 heterocycles. The minimum Gasteiger partial charge on any atom is -0.348 e. The molecule has 0 spiro atoms. The number of rotatable bonds is 7. The van der Waals surface area contributed by atoms with Gasteiger partial charge in [0.1, 0.15) is 0 Å². The van der Waals surface area contributed by atoms with E-state index in [4.69, 9.17) is 0 Å². The van der Waals surface area contributed by atoms with E-state index < -0.39 is 10.0 Å². The smallest absolute Gasteiger partial charge is 0.261 e. The largest absolute Gasteiger partial charge is 0.348 e. The average Bonchev–Trinajstić information content (AvgIpc) is 3.24. The molecule has 1 fully saturated rings. The Morgan fingerprint density at radius 2 is 1.59 bits per heavy atom. The van der Waals surface area contributed by atoms with Gasteiger partial charge in [-0.05, 0) is 60.5 Å². The molecule has 0 unspecified atom stereocenters. The molecule has 32 heavy (non-hydrogen) atoms. The highest BCUT2D eigenvalue weighted by molar-refractivity contribution is 7.92. The van der Waals surface area contributed by atoms with Crippen LogP contribution in [-0.4, -0.2) is 26.8 Å². The molecule has 0 saturated carbocycles. The van der Waals surface area contributed by atoms with Crippen LogP contribution >= 0.6 is 0 Å². The summed E-state index contributed by atoms with van der Waals surface area (Å²) >= 11 is 0. The van der Waals surface area contributed by atoms with E-state index >= 15 is 0 Å². The molecular formula is C24H23N3O4S. The Labute approximate surface area is 187 Å². The van der Waals surface area contributed by atoms with E-state index in [-0.39, 0.29) is 16.7 Å². The van der Waals surface area contributed by atoms with Crippen molar-refractivity contribution in [2.75, 3.05) is 16.2 Å². The van der Waals surface area contributed by atoms with Crippen LogP contribution in [0.3, 0.4) is 0 Å². The summed E-state index contributed by atoms with van der Waals surface area (Å²) in [5.74, 6) is -0.123. The third kappa shape index (κ3) is 4.97. The molecule has 4 rings (SSSR count). The van der Waals surface area contributed by atoms with Crippen LogP contribution in [0.1, 0.15) is 28.8 Å². The van der Waals surface area contributed by atoms with Gasteiger partial charge < -0.3 is 10.2 Å². The fourth-order valence-corrected chi connectivity index (χ4v) is 4.58. The van der Waals surface area contributed by atoms with Crippen molar-refractivity contribution < 1.29 is 18.0 Å². The Bertz CT molecular complexity index is 1210. The van der Waals surface area contributed by atoms with Crippen LogP contribution in [0.5, 0.6) is 0 Å². The van der Waals surface area contributed by atoms with Crippen LogP contribution in [0.4, 0.5) is 11.4 Å². The number of anilines is 2. The first-order chi connectivity index (χ1) is 15.4. The summed E-state index contributed by atoms with van der Waals surface area (Å²) in [6, 6.07) is 21.9. The fourth-order valence-electron chi connectivity index (χ4n) is 3.50. The first kappa shape index (κ1) is 21.6. The number of carbonyl (C=O) groups is 2. The molecule has 0 atom stereocenters. The van der Waals surface area contributed by atoms with E-state index in [1.54, 1.807) is 47.4 Å². The lowest BCUT2D eigenvalue weighted by Gasteiger charge is -2.16. The van der Waals surface area contributed by atoms with Crippen molar-refractivity contribution in [3.8, 4) is 0 Å². The van der Waals surface area contributed by atoms with Crippen molar-refractivity contribution >= 4 is 33.2 Å². The number of nitrogens with zero attached hydrogens (tertiary/aromatic N) is 1. The third-order valence-corrected chi connectivity index (χ3v) is 6.62. The Balaban J connectivity index is 1.33. The van der Waals surface area contributed by atoms with Crippen LogP contribution in [-0.2, 0) is 21.4 Å². The maximum Gasteiger partial charge on any atom is 0.261 e. The molecule has 1 saturated heterocycles. The first-order valence-electron chi connectivity index (χ1n) is 10.3. The number of hydrogen-bond acceptors (Lipinski definition) is 4. The molecule has 164 valence electrons. The standard InChI is InChI=1S/C24H23N3O4S/c28-23-7-4-16-27(23)21-14-8-18(9-15-21)17-25-24(29)19-10-12-20(13-11-19)26-32(30,31)22-5-2-1-3-6-22/h1-3,5-6,8-15,26H,4,7,16-17H2,(H,25,29). The van der Waals surface area contributed by atoms with E-state index in [2.05, 4.69) is 10.0 Å². The highest BCUT2D eigenvalue weighted by Gasteiger charge is 2.21. The lowest BCUT2D eigenvalue weighted by molar-refractivity contribution is -0.117. The number of amides is 2. The van der Waals surface area contributed by atoms with E-state index in [0.29, 0.717) is 24.2 Å². The fraction of sp³-hybridized carbons (Fsp3) is 0.167. The summed E-state index contributed by atoms with van der Waals surface area (Å²) < 4.78 is 27.3. The van der Waals surface area contributed by atoms with Crippen LogP contribution in [0.2, 0.25) is 0 Å². The summed E-state index contributed by atoms with van der Waals surface area (Å²) in [5.41, 5.74) is 2.58. The first-order valence-corrected chi connectivity index (χ1v) is 11.8. The second-order valence-electron chi connectivity index (χ2n) is 7.49. The molecule has 8 heteroatoms. The number of carbonyl (C=O) groups excluding carboxylic acids is 2. The van der Waals surface area contributed by atoms with Crippen molar-refractivity contribution in [3.05, 3.63) is 90.0 Å². The lowest BCUT2D eigenvalue weighted by atomic mass is 10.1. The number of nitrogens with one attached hydrogen (secondary N) is 2. The molecule has 0 bridgehead atoms. The Morgan fingerprint density at radius 3 is 2.22 bits per heavy atom. The molecule has 3 aromatic carbocycles. The minimum atomic E-state index is -3.68. The highest BCUT2D eigenvalue weighted by atomic mass is 32.2. The SMILES string of the molecule is O=C(NCc1ccc(N2CCCC2=O)cc1)c1ccc(NS(=O)(=O)c2ccccc2)cc1. The molecule has 1 aliphatic heterocycles. The summed E-state index contributed by atoms with van der Waals surface area (Å²) in [6.45, 7) is 1.09. The van der Waals surface area contributed by atoms with Gasteiger partial charge in [-0.3, -0.25) is 14.3 Å². The topological polar surface area (TPSA) is 95.6 Å². The van der Waals surface area contributed by atoms with Crippen molar-refractivity contribution in [3.63, 3.8) is 0 Å². The molecule has 2 N–H and O–H groups in total. The predicted molar refractivity (Wildman–Crippen MR) is 123 cm³/mol. The summed E-state index contributed by atoms with van der Waals surface area (Å²) in [5, 5.41) is 2.85. The molecule has 1 aliphatic rings. The van der Waals surface area contributed by atoms with Gasteiger partial charge >= 0.3 is 0 Å². The van der Waals surface area contributed by atoms with Gasteiger partial charge in [0, 0.05) is 36.4 Å². The Hall–Kier alpha value is -3.65. The number of hydrogen-bond donors (Lipinski definition) is 2. The monoisotopic (exact) mass is 449 g/mol. The van der Waals surface area contributed by atoms with Gasteiger partial charge in [0.25, 0.3) is 15.9 Å². The van der Waals surface area contributed by atoms with E-state index in [9.17, 15) is 18.0 Å². The number of benzene rings is 3. The highest BCUT2D eigenvalue weighted by Crippen LogP contribution is 2.21. The zero-order valence-electron chi connectivity index (χ0n) is 17.3. The van der Waals surface area contributed by atoms with Crippen molar-refractivity contribution in [1.82, 2.24) is 5.32 Å². The van der Waals surface area contributed by atoms with Gasteiger partial charge in [0.05, 0.1) is 4.90 Å². The van der Waals surface area contributed by atoms with Gasteiger partial charge in [-0.15, -0.1) is 0 Å². The second kappa shape index (κ2) is 9.23. The van der Waals surface area contributed by atoms with E-state index in [1.807, 2.05) is 24.3 Å². The zero-order valence-corrected chi connectivity index (χ0v) is 18.1. The van der Waals surface area contributed by atoms with Gasteiger partial charge in [-0.2, -0.15) is 0 Å². The molecule has 0 aliphatic carbocycles. The van der Waals surface area contributed by atoms with Gasteiger partial charge in [0.15, 0.2) is 0 Å². The van der Waals surface area contributed by atoms with E-state index in [0.717, 1.165) is 24.2 Å². The van der Waals surface area contributed by atoms with Crippen LogP contribution < -0.4 is 14.9 Å². The third-order valence-electron chi connectivity index (χ3n) is 5.23. The lowest BCUT2D eigenvalue weighted by Crippen LogP contribution is -2.24. The second-order valence-corrected chi connectivity index (χ2v) is 9.18. The summed E-state index contributed by atoms with van der Waals surface area (Å²) in [6.07, 6.45) is 1.47. The van der Waals surface area contributed by atoms with Gasteiger partial charge in [-0.1, -0.05) is 30.3 Å². The molecule has 2 amide bonds. The quantitative estimate of drug-likeness (QED) is 0.577. The Kier molecular flexibility index (Phi) is 6.23. The number of sulfonamides is 1. The minimum absolute atomic E-state index is 0.139.